The monoisotopic (exact) mass is 449 g/mol. The lowest BCUT2D eigenvalue weighted by Gasteiger charge is -2.05. The Morgan fingerprint density at radius 2 is 1.94 bits per heavy atom. The number of nitrogens with one attached hydrogen (secondary N) is 2. The molecule has 1 amide bonds. The van der Waals surface area contributed by atoms with Crippen molar-refractivity contribution in [2.45, 2.75) is 38.8 Å². The molecule has 5 rings (SSSR count). The topological polar surface area (TPSA) is 84.7 Å². The summed E-state index contributed by atoms with van der Waals surface area (Å²) in [5.74, 6) is 0.351. The van der Waals surface area contributed by atoms with Crippen molar-refractivity contribution in [3.63, 3.8) is 0 Å². The van der Waals surface area contributed by atoms with E-state index in [4.69, 9.17) is 11.6 Å². The molecule has 2 aromatic carbocycles. The summed E-state index contributed by atoms with van der Waals surface area (Å²) in [6.45, 7) is 2.43. The SMILES string of the molecule is Cc1[nH]c2ccccc2c1CCNC(=O)Cn1nc(-c2ccc(Cl)cc2)n(C2CC2)c1=O. The Bertz CT molecular complexity index is 1350. The first-order chi connectivity index (χ1) is 15.5. The Balaban J connectivity index is 1.29. The van der Waals surface area contributed by atoms with E-state index in [0.717, 1.165) is 29.6 Å². The molecule has 1 aliphatic carbocycles. The molecule has 1 aliphatic rings. The van der Waals surface area contributed by atoms with E-state index in [1.54, 1.807) is 16.7 Å². The number of benzene rings is 2. The maximum atomic E-state index is 13.0. The highest BCUT2D eigenvalue weighted by molar-refractivity contribution is 6.30. The van der Waals surface area contributed by atoms with Gasteiger partial charge in [-0.15, -0.1) is 5.10 Å². The summed E-state index contributed by atoms with van der Waals surface area (Å²) >= 11 is 6.00. The summed E-state index contributed by atoms with van der Waals surface area (Å²) in [4.78, 5) is 28.9. The van der Waals surface area contributed by atoms with Crippen LogP contribution in [0.4, 0.5) is 0 Å². The molecule has 0 unspecified atom stereocenters. The average molecular weight is 450 g/mol. The van der Waals surface area contributed by atoms with Gasteiger partial charge in [-0.25, -0.2) is 9.48 Å². The third-order valence-electron chi connectivity index (χ3n) is 5.90. The van der Waals surface area contributed by atoms with Crippen molar-refractivity contribution in [3.8, 4) is 11.4 Å². The first-order valence-corrected chi connectivity index (χ1v) is 11.2. The third-order valence-corrected chi connectivity index (χ3v) is 6.15. The van der Waals surface area contributed by atoms with Gasteiger partial charge in [0.05, 0.1) is 0 Å². The van der Waals surface area contributed by atoms with Gasteiger partial charge in [-0.1, -0.05) is 29.8 Å². The largest absolute Gasteiger partial charge is 0.358 e. The fourth-order valence-corrected chi connectivity index (χ4v) is 4.28. The number of fused-ring (bicyclic) bond motifs is 1. The van der Waals surface area contributed by atoms with Crippen molar-refractivity contribution in [1.29, 1.82) is 0 Å². The maximum absolute atomic E-state index is 13.0. The number of H-pyrrole nitrogens is 1. The fraction of sp³-hybridized carbons (Fsp3) is 0.292. The molecule has 4 aromatic rings. The summed E-state index contributed by atoms with van der Waals surface area (Å²) in [6, 6.07) is 15.5. The quantitative estimate of drug-likeness (QED) is 0.449. The van der Waals surface area contributed by atoms with E-state index >= 15 is 0 Å². The lowest BCUT2D eigenvalue weighted by molar-refractivity contribution is -0.121. The zero-order valence-corrected chi connectivity index (χ0v) is 18.5. The summed E-state index contributed by atoms with van der Waals surface area (Å²) in [6.07, 6.45) is 2.60. The van der Waals surface area contributed by atoms with Crippen molar-refractivity contribution < 1.29 is 4.79 Å². The minimum Gasteiger partial charge on any atom is -0.358 e. The second kappa shape index (κ2) is 8.31. The highest BCUT2D eigenvalue weighted by Crippen LogP contribution is 2.36. The molecule has 2 aromatic heterocycles. The van der Waals surface area contributed by atoms with E-state index in [1.807, 2.05) is 37.3 Å². The number of aromatic nitrogens is 4. The highest BCUT2D eigenvalue weighted by atomic mass is 35.5. The van der Waals surface area contributed by atoms with E-state index in [9.17, 15) is 9.59 Å². The number of aryl methyl sites for hydroxylation is 1. The van der Waals surface area contributed by atoms with E-state index < -0.39 is 0 Å². The molecule has 1 fully saturated rings. The molecule has 32 heavy (non-hydrogen) atoms. The predicted molar refractivity (Wildman–Crippen MR) is 125 cm³/mol. The number of hydrogen-bond acceptors (Lipinski definition) is 3. The van der Waals surface area contributed by atoms with Gasteiger partial charge in [-0.3, -0.25) is 9.36 Å². The number of rotatable bonds is 7. The van der Waals surface area contributed by atoms with E-state index in [1.165, 1.54) is 15.6 Å². The van der Waals surface area contributed by atoms with Crippen LogP contribution in [0.1, 0.15) is 30.1 Å². The zero-order valence-electron chi connectivity index (χ0n) is 17.8. The average Bonchev–Trinajstić information content (AvgIpc) is 3.50. The second-order valence-corrected chi connectivity index (χ2v) is 8.68. The van der Waals surface area contributed by atoms with Gasteiger partial charge in [-0.2, -0.15) is 0 Å². The number of carbonyl (C=O) groups excluding carboxylic acids is 1. The summed E-state index contributed by atoms with van der Waals surface area (Å²) in [5, 5.41) is 9.21. The van der Waals surface area contributed by atoms with Crippen LogP contribution in [0.3, 0.4) is 0 Å². The summed E-state index contributed by atoms with van der Waals surface area (Å²) in [7, 11) is 0. The van der Waals surface area contributed by atoms with Gasteiger partial charge in [0.25, 0.3) is 0 Å². The number of nitrogens with zero attached hydrogens (tertiary/aromatic N) is 3. The number of para-hydroxylation sites is 1. The van der Waals surface area contributed by atoms with Crippen molar-refractivity contribution in [1.82, 2.24) is 24.6 Å². The standard InChI is InChI=1S/C24H24ClN5O2/c1-15-19(20-4-2-3-5-21(20)27-15)12-13-26-22(31)14-29-24(32)30(18-10-11-18)23(28-29)16-6-8-17(25)9-7-16/h2-9,18,27H,10-14H2,1H3,(H,26,31). The van der Waals surface area contributed by atoms with Crippen LogP contribution in [-0.4, -0.2) is 31.8 Å². The smallest absolute Gasteiger partial charge is 0.346 e. The molecule has 0 bridgehead atoms. The Morgan fingerprint density at radius 1 is 1.19 bits per heavy atom. The molecule has 164 valence electrons. The van der Waals surface area contributed by atoms with Crippen molar-refractivity contribution in [2.24, 2.45) is 0 Å². The molecule has 0 saturated heterocycles. The van der Waals surface area contributed by atoms with Crippen LogP contribution in [0, 0.1) is 6.92 Å². The van der Waals surface area contributed by atoms with Crippen LogP contribution in [0.15, 0.2) is 53.3 Å². The maximum Gasteiger partial charge on any atom is 0.346 e. The van der Waals surface area contributed by atoms with Gasteiger partial charge in [0.2, 0.25) is 5.91 Å². The van der Waals surface area contributed by atoms with Crippen molar-refractivity contribution in [2.75, 3.05) is 6.54 Å². The molecule has 0 radical (unpaired) electrons. The Labute approximate surface area is 190 Å². The molecule has 7 nitrogen and oxygen atoms in total. The lowest BCUT2D eigenvalue weighted by atomic mass is 10.1. The normalized spacial score (nSPS) is 13.6. The molecule has 2 N–H and O–H groups in total. The van der Waals surface area contributed by atoms with Crippen LogP contribution in [0.5, 0.6) is 0 Å². The molecular formula is C24H24ClN5O2. The molecule has 2 heterocycles. The van der Waals surface area contributed by atoms with Gasteiger partial charge in [0, 0.05) is 39.8 Å². The highest BCUT2D eigenvalue weighted by Gasteiger charge is 2.30. The molecule has 8 heteroatoms. The zero-order chi connectivity index (χ0) is 22.2. The lowest BCUT2D eigenvalue weighted by Crippen LogP contribution is -2.34. The Kier molecular flexibility index (Phi) is 5.35. The Morgan fingerprint density at radius 3 is 2.69 bits per heavy atom. The summed E-state index contributed by atoms with van der Waals surface area (Å²) < 4.78 is 2.96. The van der Waals surface area contributed by atoms with Crippen molar-refractivity contribution >= 4 is 28.4 Å². The molecule has 0 atom stereocenters. The summed E-state index contributed by atoms with van der Waals surface area (Å²) in [5.41, 5.74) is 3.96. The minimum absolute atomic E-state index is 0.105. The van der Waals surface area contributed by atoms with Crippen LogP contribution in [-0.2, 0) is 17.8 Å². The number of aromatic amines is 1. The van der Waals surface area contributed by atoms with Crippen molar-refractivity contribution in [3.05, 3.63) is 75.3 Å². The van der Waals surface area contributed by atoms with Gasteiger partial charge in [0.15, 0.2) is 5.82 Å². The van der Waals surface area contributed by atoms with Gasteiger partial charge in [0.1, 0.15) is 6.54 Å². The fourth-order valence-electron chi connectivity index (χ4n) is 4.16. The van der Waals surface area contributed by atoms with Gasteiger partial charge in [-0.05, 0) is 62.1 Å². The second-order valence-electron chi connectivity index (χ2n) is 8.25. The number of halogens is 1. The first kappa shape index (κ1) is 20.6. The van der Waals surface area contributed by atoms with Crippen LogP contribution in [0.25, 0.3) is 22.3 Å². The van der Waals surface area contributed by atoms with Crippen LogP contribution < -0.4 is 11.0 Å². The molecule has 1 saturated carbocycles. The van der Waals surface area contributed by atoms with Crippen LogP contribution in [0.2, 0.25) is 5.02 Å². The molecule has 0 aliphatic heterocycles. The van der Waals surface area contributed by atoms with Crippen LogP contribution >= 0.6 is 11.6 Å². The van der Waals surface area contributed by atoms with E-state index in [2.05, 4.69) is 21.5 Å². The van der Waals surface area contributed by atoms with E-state index in [-0.39, 0.29) is 24.2 Å². The number of amides is 1. The van der Waals surface area contributed by atoms with E-state index in [0.29, 0.717) is 23.8 Å². The van der Waals surface area contributed by atoms with Gasteiger partial charge < -0.3 is 10.3 Å². The first-order valence-electron chi connectivity index (χ1n) is 10.8. The third kappa shape index (κ3) is 3.96. The number of carbonyl (C=O) groups is 1. The number of hydrogen-bond donors (Lipinski definition) is 2. The molecule has 0 spiro atoms. The Hall–Kier alpha value is -3.32. The molecular weight excluding hydrogens is 426 g/mol. The van der Waals surface area contributed by atoms with Gasteiger partial charge >= 0.3 is 5.69 Å². The predicted octanol–water partition coefficient (Wildman–Crippen LogP) is 3.85. The minimum atomic E-state index is -0.250.